The van der Waals surface area contributed by atoms with Crippen LogP contribution in [-0.4, -0.2) is 0 Å². The molecule has 0 aliphatic rings. The first-order valence-electron chi connectivity index (χ1n) is 0.500. The molecule has 0 aliphatic heterocycles. The molecule has 0 unspecified atom stereocenters. The zero-order valence-corrected chi connectivity index (χ0v) is 5.81. The molecule has 0 aromatic heterocycles. The molecule has 5 heteroatoms. The molecule has 0 amide bonds. The van der Waals surface area contributed by atoms with Gasteiger partial charge in [0.2, 0.25) is 0 Å². The molecular weight excluding hydrogens is 295 g/mol. The van der Waals surface area contributed by atoms with E-state index in [0.29, 0.717) is 0 Å². The first kappa shape index (κ1) is 9.15. The molecule has 0 aliphatic carbocycles. The summed E-state index contributed by atoms with van der Waals surface area (Å²) in [5, 5.41) is 0. The van der Waals surface area contributed by atoms with Crippen LogP contribution in [0.4, 0.5) is 0 Å². The molecule has 0 aromatic rings. The van der Waals surface area contributed by atoms with Crippen LogP contribution < -0.4 is 0 Å². The summed E-state index contributed by atoms with van der Waals surface area (Å²) in [5.74, 6) is 0. The van der Waals surface area contributed by atoms with Gasteiger partial charge in [-0.3, -0.25) is 0 Å². The van der Waals surface area contributed by atoms with Crippen molar-refractivity contribution in [1.82, 2.24) is 0 Å². The number of rotatable bonds is 0. The normalized spacial score (nSPS) is 4.80. The second kappa shape index (κ2) is 4.61. The molecule has 35 valence electrons. The van der Waals surface area contributed by atoms with E-state index in [1.54, 1.807) is 0 Å². The van der Waals surface area contributed by atoms with E-state index in [9.17, 15) is 0 Å². The van der Waals surface area contributed by atoms with Gasteiger partial charge in [0.05, 0.1) is 0 Å². The third-order valence-electron chi connectivity index (χ3n) is 0. The average molecular weight is 295 g/mol. The Morgan fingerprint density at radius 2 is 1.00 bits per heavy atom. The van der Waals surface area contributed by atoms with Crippen molar-refractivity contribution in [2.24, 2.45) is 0 Å². The van der Waals surface area contributed by atoms with Crippen molar-refractivity contribution < 1.29 is 44.5 Å². The van der Waals surface area contributed by atoms with Crippen molar-refractivity contribution in [1.29, 1.82) is 0 Å². The van der Waals surface area contributed by atoms with Crippen LogP contribution in [0.25, 0.3) is 0 Å². The van der Waals surface area contributed by atoms with Crippen LogP contribution in [0.2, 0.25) is 0 Å². The van der Waals surface area contributed by atoms with Crippen LogP contribution in [0.5, 0.6) is 0 Å². The van der Waals surface area contributed by atoms with E-state index in [-0.39, 0.29) is 17.1 Å². The van der Waals surface area contributed by atoms with E-state index in [1.165, 1.54) is 0 Å². The van der Waals surface area contributed by atoms with E-state index < -0.39 is 17.2 Å². The standard InChI is InChI=1S/Cu.3O.W. The minimum absolute atomic E-state index is 0. The predicted molar refractivity (Wildman–Crippen MR) is 2.06 cm³/mol. The van der Waals surface area contributed by atoms with Crippen LogP contribution >= 0.6 is 0 Å². The summed E-state index contributed by atoms with van der Waals surface area (Å²) in [6.45, 7) is 0. The second-order valence-electron chi connectivity index (χ2n) is 0.204. The molecule has 0 rings (SSSR count). The number of hydrogen-bond donors (Lipinski definition) is 0. The van der Waals surface area contributed by atoms with Crippen LogP contribution in [-0.2, 0) is 44.5 Å². The first-order valence-corrected chi connectivity index (χ1v) is 4.09. The van der Waals surface area contributed by atoms with Gasteiger partial charge in [0.15, 0.2) is 0 Å². The van der Waals surface area contributed by atoms with Crippen molar-refractivity contribution in [3.8, 4) is 0 Å². The molecular formula is CuO3W. The summed E-state index contributed by atoms with van der Waals surface area (Å²) >= 11 is -4.28. The maximum atomic E-state index is 8.61. The van der Waals surface area contributed by atoms with E-state index in [0.717, 1.165) is 0 Å². The Morgan fingerprint density at radius 1 is 1.00 bits per heavy atom. The van der Waals surface area contributed by atoms with Gasteiger partial charge in [-0.1, -0.05) is 0 Å². The van der Waals surface area contributed by atoms with Gasteiger partial charge in [0.1, 0.15) is 0 Å². The van der Waals surface area contributed by atoms with E-state index in [1.807, 2.05) is 0 Å². The monoisotopic (exact) mass is 295 g/mol. The van der Waals surface area contributed by atoms with Crippen molar-refractivity contribution >= 4 is 0 Å². The SMILES string of the molecule is [Cu].[O]=[W](=[O])=[O]. The molecule has 0 spiro atoms. The zero-order chi connectivity index (χ0) is 3.58. The van der Waals surface area contributed by atoms with Gasteiger partial charge >= 0.3 is 27.4 Å². The third kappa shape index (κ3) is 84.8. The Morgan fingerprint density at radius 3 is 1.00 bits per heavy atom. The molecule has 5 heavy (non-hydrogen) atoms. The molecule has 0 aromatic carbocycles. The van der Waals surface area contributed by atoms with Gasteiger partial charge in [0, 0.05) is 17.1 Å². The Kier molecular flexibility index (Phi) is 8.43. The summed E-state index contributed by atoms with van der Waals surface area (Å²) in [4.78, 5) is 0. The Labute approximate surface area is 44.7 Å². The topological polar surface area (TPSA) is 51.2 Å². The molecule has 0 atom stereocenters. The molecule has 0 fully saturated rings. The van der Waals surface area contributed by atoms with E-state index >= 15 is 0 Å². The predicted octanol–water partition coefficient (Wildman–Crippen LogP) is -0.361. The minimum atomic E-state index is -4.28. The molecule has 0 saturated carbocycles. The fourth-order valence-corrected chi connectivity index (χ4v) is 0. The maximum absolute atomic E-state index is 8.61. The van der Waals surface area contributed by atoms with Crippen molar-refractivity contribution in [2.75, 3.05) is 0 Å². The van der Waals surface area contributed by atoms with Crippen LogP contribution in [0.1, 0.15) is 0 Å². The Balaban J connectivity index is 0. The summed E-state index contributed by atoms with van der Waals surface area (Å²) in [5.41, 5.74) is 0. The van der Waals surface area contributed by atoms with Crippen molar-refractivity contribution in [3.63, 3.8) is 0 Å². The van der Waals surface area contributed by atoms with Gasteiger partial charge < -0.3 is 0 Å². The average Bonchev–Trinajstić information content (AvgIpc) is 0.811. The first-order chi connectivity index (χ1) is 1.73. The van der Waals surface area contributed by atoms with Gasteiger partial charge in [-0.15, -0.1) is 0 Å². The number of hydrogen-bond acceptors (Lipinski definition) is 3. The summed E-state index contributed by atoms with van der Waals surface area (Å²) < 4.78 is 25.8. The van der Waals surface area contributed by atoms with Crippen molar-refractivity contribution in [2.45, 2.75) is 0 Å². The van der Waals surface area contributed by atoms with E-state index in [2.05, 4.69) is 0 Å². The van der Waals surface area contributed by atoms with Gasteiger partial charge in [0.25, 0.3) is 0 Å². The van der Waals surface area contributed by atoms with Crippen LogP contribution in [0.3, 0.4) is 0 Å². The molecule has 0 saturated heterocycles. The van der Waals surface area contributed by atoms with E-state index in [4.69, 9.17) is 10.2 Å². The molecule has 0 N–H and O–H groups in total. The van der Waals surface area contributed by atoms with Crippen LogP contribution in [0.15, 0.2) is 0 Å². The van der Waals surface area contributed by atoms with Gasteiger partial charge in [-0.25, -0.2) is 0 Å². The molecule has 3 nitrogen and oxygen atoms in total. The molecule has 1 radical (unpaired) electrons. The second-order valence-corrected chi connectivity index (χ2v) is 1.67. The summed E-state index contributed by atoms with van der Waals surface area (Å²) in [6, 6.07) is 0. The Hall–Kier alpha value is 0.608. The van der Waals surface area contributed by atoms with Gasteiger partial charge in [-0.05, 0) is 0 Å². The zero-order valence-electron chi connectivity index (χ0n) is 1.93. The summed E-state index contributed by atoms with van der Waals surface area (Å²) in [7, 11) is 0. The quantitative estimate of drug-likeness (QED) is 0.574. The van der Waals surface area contributed by atoms with Crippen molar-refractivity contribution in [3.05, 3.63) is 0 Å². The van der Waals surface area contributed by atoms with Crippen LogP contribution in [0, 0.1) is 0 Å². The molecule has 0 heterocycles. The van der Waals surface area contributed by atoms with Gasteiger partial charge in [-0.2, -0.15) is 0 Å². The third-order valence-corrected chi connectivity index (χ3v) is 0. The molecule has 0 bridgehead atoms. The summed E-state index contributed by atoms with van der Waals surface area (Å²) in [6.07, 6.45) is 0. The Bertz CT molecular complexity index is 76.3. The fraction of sp³-hybridized carbons (Fsp3) is 0. The fourth-order valence-electron chi connectivity index (χ4n) is 0.